The molecule has 1 aromatic rings. The van der Waals surface area contributed by atoms with Gasteiger partial charge in [0, 0.05) is 11.4 Å². The topological polar surface area (TPSA) is 40.5 Å². The summed E-state index contributed by atoms with van der Waals surface area (Å²) in [6.07, 6.45) is 6.91. The number of aryl methyl sites for hydroxylation is 2. The van der Waals surface area contributed by atoms with Crippen molar-refractivity contribution in [3.05, 3.63) is 21.4 Å². The van der Waals surface area contributed by atoms with E-state index in [9.17, 15) is 9.90 Å². The van der Waals surface area contributed by atoms with Crippen LogP contribution in [0, 0.1) is 5.92 Å². The Bertz CT molecular complexity index is 473. The average Bonchev–Trinajstić information content (AvgIpc) is 2.90. The first-order valence-corrected chi connectivity index (χ1v) is 8.55. The van der Waals surface area contributed by atoms with E-state index in [0.717, 1.165) is 37.1 Å². The molecule has 0 aromatic carbocycles. The molecule has 0 saturated carbocycles. The second kappa shape index (κ2) is 5.86. The number of thiophene rings is 1. The number of nitrogens with zero attached hydrogens (tertiary/aromatic N) is 1. The third-order valence-electron chi connectivity index (χ3n) is 4.77. The van der Waals surface area contributed by atoms with Crippen LogP contribution in [0.3, 0.4) is 0 Å². The predicted octanol–water partition coefficient (Wildman–Crippen LogP) is 2.86. The molecule has 1 fully saturated rings. The number of aliphatic hydroxyl groups is 1. The van der Waals surface area contributed by atoms with E-state index in [0.29, 0.717) is 5.92 Å². The van der Waals surface area contributed by atoms with Crippen molar-refractivity contribution in [3.63, 3.8) is 0 Å². The Hall–Kier alpha value is -0.870. The van der Waals surface area contributed by atoms with E-state index in [1.165, 1.54) is 23.3 Å². The van der Waals surface area contributed by atoms with E-state index in [-0.39, 0.29) is 18.6 Å². The maximum atomic E-state index is 12.8. The minimum atomic E-state index is -0.00428. The van der Waals surface area contributed by atoms with Gasteiger partial charge < -0.3 is 10.0 Å². The van der Waals surface area contributed by atoms with Crippen LogP contribution in [0.15, 0.2) is 6.07 Å². The molecule has 4 heteroatoms. The van der Waals surface area contributed by atoms with Gasteiger partial charge in [0.05, 0.1) is 17.5 Å². The highest BCUT2D eigenvalue weighted by Gasteiger charge is 2.32. The normalized spacial score (nSPS) is 26.4. The SMILES string of the molecule is CC1CCCN(C(=O)c2cc3c(s2)CCCC3)C1CO. The van der Waals surface area contributed by atoms with Crippen molar-refractivity contribution < 1.29 is 9.90 Å². The maximum Gasteiger partial charge on any atom is 0.264 e. The highest BCUT2D eigenvalue weighted by atomic mass is 32.1. The number of carbonyl (C=O) groups excluding carboxylic acids is 1. The third kappa shape index (κ3) is 2.51. The summed E-state index contributed by atoms with van der Waals surface area (Å²) in [4.78, 5) is 17.0. The van der Waals surface area contributed by atoms with Gasteiger partial charge in [-0.2, -0.15) is 0 Å². The molecule has 3 rings (SSSR count). The fraction of sp³-hybridized carbons (Fsp3) is 0.688. The van der Waals surface area contributed by atoms with Gasteiger partial charge in [0.25, 0.3) is 5.91 Å². The van der Waals surface area contributed by atoms with Crippen LogP contribution in [0.4, 0.5) is 0 Å². The standard InChI is InChI=1S/C16H23NO2S/c1-11-5-4-8-17(13(11)10-18)16(19)15-9-12-6-2-3-7-14(12)20-15/h9,11,13,18H,2-8,10H2,1H3. The van der Waals surface area contributed by atoms with Gasteiger partial charge in [0.2, 0.25) is 0 Å². The second-order valence-electron chi connectivity index (χ2n) is 6.13. The lowest BCUT2D eigenvalue weighted by Gasteiger charge is -2.38. The number of amides is 1. The van der Waals surface area contributed by atoms with Crippen LogP contribution in [-0.2, 0) is 12.8 Å². The van der Waals surface area contributed by atoms with E-state index >= 15 is 0 Å². The zero-order valence-electron chi connectivity index (χ0n) is 12.1. The molecule has 1 N–H and O–H groups in total. The number of aliphatic hydroxyl groups excluding tert-OH is 1. The van der Waals surface area contributed by atoms with Crippen LogP contribution < -0.4 is 0 Å². The number of likely N-dealkylation sites (tertiary alicyclic amines) is 1. The van der Waals surface area contributed by atoms with Crippen molar-refractivity contribution in [1.82, 2.24) is 4.90 Å². The number of rotatable bonds is 2. The molecule has 2 aliphatic rings. The van der Waals surface area contributed by atoms with Crippen LogP contribution in [-0.4, -0.2) is 35.1 Å². The molecule has 20 heavy (non-hydrogen) atoms. The Labute approximate surface area is 124 Å². The molecule has 2 atom stereocenters. The van der Waals surface area contributed by atoms with Crippen molar-refractivity contribution in [1.29, 1.82) is 0 Å². The summed E-state index contributed by atoms with van der Waals surface area (Å²) in [5.41, 5.74) is 1.38. The second-order valence-corrected chi connectivity index (χ2v) is 7.27. The molecule has 3 nitrogen and oxygen atoms in total. The first kappa shape index (κ1) is 14.1. The van der Waals surface area contributed by atoms with Crippen molar-refractivity contribution in [2.24, 2.45) is 5.92 Å². The Balaban J connectivity index is 1.82. The summed E-state index contributed by atoms with van der Waals surface area (Å²) < 4.78 is 0. The first-order valence-electron chi connectivity index (χ1n) is 7.74. The summed E-state index contributed by atoms with van der Waals surface area (Å²) in [5.74, 6) is 0.530. The molecule has 0 radical (unpaired) electrons. The van der Waals surface area contributed by atoms with Crippen molar-refractivity contribution in [2.75, 3.05) is 13.2 Å². The Morgan fingerprint density at radius 2 is 2.20 bits per heavy atom. The molecule has 1 aliphatic heterocycles. The monoisotopic (exact) mass is 293 g/mol. The molecular weight excluding hydrogens is 270 g/mol. The zero-order chi connectivity index (χ0) is 14.1. The van der Waals surface area contributed by atoms with E-state index in [2.05, 4.69) is 13.0 Å². The summed E-state index contributed by atoms with van der Waals surface area (Å²) in [5, 5.41) is 9.60. The van der Waals surface area contributed by atoms with Crippen molar-refractivity contribution in [3.8, 4) is 0 Å². The largest absolute Gasteiger partial charge is 0.394 e. The van der Waals surface area contributed by atoms with E-state index in [1.54, 1.807) is 11.3 Å². The summed E-state index contributed by atoms with van der Waals surface area (Å²) >= 11 is 1.68. The van der Waals surface area contributed by atoms with Crippen LogP contribution in [0.25, 0.3) is 0 Å². The van der Waals surface area contributed by atoms with Gasteiger partial charge in [-0.1, -0.05) is 6.92 Å². The summed E-state index contributed by atoms with van der Waals surface area (Å²) in [6.45, 7) is 3.01. The molecular formula is C16H23NO2S. The van der Waals surface area contributed by atoms with Gasteiger partial charge in [0.1, 0.15) is 0 Å². The Morgan fingerprint density at radius 3 is 2.95 bits per heavy atom. The smallest absolute Gasteiger partial charge is 0.264 e. The van der Waals surface area contributed by atoms with Gasteiger partial charge >= 0.3 is 0 Å². The number of piperidine rings is 1. The van der Waals surface area contributed by atoms with Crippen molar-refractivity contribution >= 4 is 17.2 Å². The minimum absolute atomic E-state index is 0.00428. The van der Waals surface area contributed by atoms with Crippen molar-refractivity contribution in [2.45, 2.75) is 51.5 Å². The highest BCUT2D eigenvalue weighted by Crippen LogP contribution is 2.32. The molecule has 0 bridgehead atoms. The summed E-state index contributed by atoms with van der Waals surface area (Å²) in [6, 6.07) is 2.10. The zero-order valence-corrected chi connectivity index (χ0v) is 12.9. The molecule has 0 spiro atoms. The van der Waals surface area contributed by atoms with Crippen LogP contribution in [0.2, 0.25) is 0 Å². The Kier molecular flexibility index (Phi) is 4.13. The van der Waals surface area contributed by atoms with E-state index in [1.807, 2.05) is 4.90 Å². The summed E-state index contributed by atoms with van der Waals surface area (Å²) in [7, 11) is 0. The molecule has 1 saturated heterocycles. The number of carbonyl (C=O) groups is 1. The average molecular weight is 293 g/mol. The molecule has 2 heterocycles. The van der Waals surface area contributed by atoms with Gasteiger partial charge in [-0.05, 0) is 56.1 Å². The van der Waals surface area contributed by atoms with Crippen LogP contribution >= 0.6 is 11.3 Å². The Morgan fingerprint density at radius 1 is 1.40 bits per heavy atom. The molecule has 1 aliphatic carbocycles. The van der Waals surface area contributed by atoms with E-state index < -0.39 is 0 Å². The van der Waals surface area contributed by atoms with Crippen LogP contribution in [0.1, 0.15) is 52.7 Å². The molecule has 1 aromatic heterocycles. The number of hydrogen-bond acceptors (Lipinski definition) is 3. The molecule has 110 valence electrons. The van der Waals surface area contributed by atoms with Gasteiger partial charge in [-0.3, -0.25) is 4.79 Å². The first-order chi connectivity index (χ1) is 9.70. The lowest BCUT2D eigenvalue weighted by atomic mass is 9.91. The fourth-order valence-corrected chi connectivity index (χ4v) is 4.73. The van der Waals surface area contributed by atoms with Gasteiger partial charge in [-0.25, -0.2) is 0 Å². The maximum absolute atomic E-state index is 12.8. The highest BCUT2D eigenvalue weighted by molar-refractivity contribution is 7.14. The lowest BCUT2D eigenvalue weighted by molar-refractivity contribution is 0.0362. The number of fused-ring (bicyclic) bond motifs is 1. The third-order valence-corrected chi connectivity index (χ3v) is 6.00. The number of hydrogen-bond donors (Lipinski definition) is 1. The van der Waals surface area contributed by atoms with Gasteiger partial charge in [0.15, 0.2) is 0 Å². The lowest BCUT2D eigenvalue weighted by Crippen LogP contribution is -2.49. The minimum Gasteiger partial charge on any atom is -0.394 e. The fourth-order valence-electron chi connectivity index (χ4n) is 3.52. The predicted molar refractivity (Wildman–Crippen MR) is 81.3 cm³/mol. The molecule has 1 amide bonds. The van der Waals surface area contributed by atoms with Crippen LogP contribution in [0.5, 0.6) is 0 Å². The quantitative estimate of drug-likeness (QED) is 0.911. The molecule has 2 unspecified atom stereocenters. The van der Waals surface area contributed by atoms with E-state index in [4.69, 9.17) is 0 Å². The van der Waals surface area contributed by atoms with Gasteiger partial charge in [-0.15, -0.1) is 11.3 Å².